The third-order valence-corrected chi connectivity index (χ3v) is 4.87. The molecule has 1 fully saturated rings. The van der Waals surface area contributed by atoms with Crippen LogP contribution in [0.1, 0.15) is 13.8 Å². The van der Waals surface area contributed by atoms with Crippen molar-refractivity contribution in [2.24, 2.45) is 0 Å². The van der Waals surface area contributed by atoms with Crippen molar-refractivity contribution in [2.75, 3.05) is 6.61 Å². The molecule has 3 aromatic carbocycles. The number of fused-ring (bicyclic) bond motifs is 3. The Kier molecular flexibility index (Phi) is 3.46. The number of hydrogen-bond acceptors (Lipinski definition) is 3. The normalized spacial score (nSPS) is 16.6. The summed E-state index contributed by atoms with van der Waals surface area (Å²) in [5, 5.41) is 2.26. The monoisotopic (exact) mass is 342 g/mol. The van der Waals surface area contributed by atoms with E-state index in [4.69, 9.17) is 13.7 Å². The van der Waals surface area contributed by atoms with Crippen molar-refractivity contribution in [3.8, 4) is 11.1 Å². The zero-order chi connectivity index (χ0) is 17.7. The van der Waals surface area contributed by atoms with Crippen LogP contribution in [0.15, 0.2) is 71.1 Å². The van der Waals surface area contributed by atoms with E-state index >= 15 is 0 Å². The Morgan fingerprint density at radius 1 is 0.885 bits per heavy atom. The zero-order valence-corrected chi connectivity index (χ0v) is 14.9. The van der Waals surface area contributed by atoms with Crippen LogP contribution in [0.25, 0.3) is 33.1 Å². The summed E-state index contributed by atoms with van der Waals surface area (Å²) in [6, 6.07) is 22.8. The quantitative estimate of drug-likeness (QED) is 0.492. The predicted molar refractivity (Wildman–Crippen MR) is 106 cm³/mol. The molecule has 0 N–H and O–H groups in total. The van der Waals surface area contributed by atoms with Crippen LogP contribution in [0.2, 0.25) is 0 Å². The Morgan fingerprint density at radius 2 is 1.65 bits per heavy atom. The molecule has 0 atom stereocenters. The number of rotatable bonds is 2. The van der Waals surface area contributed by atoms with Crippen molar-refractivity contribution in [2.45, 2.75) is 19.4 Å². The lowest BCUT2D eigenvalue weighted by atomic mass is 9.77. The van der Waals surface area contributed by atoms with Crippen LogP contribution in [0.4, 0.5) is 0 Å². The van der Waals surface area contributed by atoms with Gasteiger partial charge in [0.1, 0.15) is 11.2 Å². The highest BCUT2D eigenvalue weighted by Gasteiger charge is 2.38. The highest BCUT2D eigenvalue weighted by atomic mass is 16.7. The van der Waals surface area contributed by atoms with E-state index in [2.05, 4.69) is 36.4 Å². The fourth-order valence-corrected chi connectivity index (χ4v) is 3.66. The van der Waals surface area contributed by atoms with E-state index in [1.54, 1.807) is 0 Å². The fourth-order valence-electron chi connectivity index (χ4n) is 3.66. The van der Waals surface area contributed by atoms with Gasteiger partial charge < -0.3 is 13.7 Å². The van der Waals surface area contributed by atoms with E-state index in [1.807, 2.05) is 44.2 Å². The fraction of sp³-hybridized carbons (Fsp3) is 0.182. The molecule has 0 aliphatic carbocycles. The van der Waals surface area contributed by atoms with Crippen LogP contribution in [0.5, 0.6) is 0 Å². The van der Waals surface area contributed by atoms with E-state index in [-0.39, 0.29) is 12.7 Å². The van der Waals surface area contributed by atoms with E-state index in [1.165, 1.54) is 0 Å². The SMILES string of the molecule is CC1(C)COB(c2cc(-c3ccccc3)c3c(c2)oc2ccccc23)O1. The van der Waals surface area contributed by atoms with Crippen molar-refractivity contribution >= 4 is 34.5 Å². The average molecular weight is 342 g/mol. The molecule has 4 heteroatoms. The number of para-hydroxylation sites is 1. The third kappa shape index (κ3) is 2.54. The van der Waals surface area contributed by atoms with Gasteiger partial charge in [-0.1, -0.05) is 54.6 Å². The smallest absolute Gasteiger partial charge is 0.456 e. The number of benzene rings is 3. The van der Waals surface area contributed by atoms with Gasteiger partial charge in [0.05, 0.1) is 12.2 Å². The maximum Gasteiger partial charge on any atom is 0.494 e. The first-order chi connectivity index (χ1) is 12.6. The minimum absolute atomic E-state index is 0.277. The Bertz CT molecular complexity index is 1100. The molecule has 5 rings (SSSR count). The third-order valence-electron chi connectivity index (χ3n) is 4.87. The molecule has 2 heterocycles. The Hall–Kier alpha value is -2.56. The second-order valence-corrected chi connectivity index (χ2v) is 7.43. The number of furan rings is 1. The van der Waals surface area contributed by atoms with Crippen LogP contribution in [0, 0.1) is 0 Å². The molecule has 0 unspecified atom stereocenters. The lowest BCUT2D eigenvalue weighted by Crippen LogP contribution is -2.34. The highest BCUT2D eigenvalue weighted by molar-refractivity contribution is 6.62. The van der Waals surface area contributed by atoms with Crippen LogP contribution in [-0.2, 0) is 9.31 Å². The Morgan fingerprint density at radius 3 is 2.42 bits per heavy atom. The van der Waals surface area contributed by atoms with Gasteiger partial charge in [-0.05, 0) is 42.6 Å². The summed E-state index contributed by atoms with van der Waals surface area (Å²) >= 11 is 0. The molecule has 1 aliphatic heterocycles. The summed E-state index contributed by atoms with van der Waals surface area (Å²) in [6.07, 6.45) is 0. The molecule has 0 amide bonds. The second kappa shape index (κ2) is 5.73. The van der Waals surface area contributed by atoms with Gasteiger partial charge in [0, 0.05) is 10.8 Å². The van der Waals surface area contributed by atoms with E-state index in [0.29, 0.717) is 6.61 Å². The van der Waals surface area contributed by atoms with Crippen LogP contribution < -0.4 is 5.46 Å². The number of hydrogen-bond donors (Lipinski definition) is 0. The molecule has 1 aromatic heterocycles. The van der Waals surface area contributed by atoms with Crippen molar-refractivity contribution in [1.29, 1.82) is 0 Å². The van der Waals surface area contributed by atoms with Crippen LogP contribution >= 0.6 is 0 Å². The van der Waals surface area contributed by atoms with E-state index < -0.39 is 0 Å². The van der Waals surface area contributed by atoms with Gasteiger partial charge in [0.15, 0.2) is 0 Å². The summed E-state index contributed by atoms with van der Waals surface area (Å²) in [6.45, 7) is 4.67. The minimum atomic E-state index is -0.370. The summed E-state index contributed by atoms with van der Waals surface area (Å²) in [7, 11) is -0.370. The van der Waals surface area contributed by atoms with Gasteiger partial charge in [-0.25, -0.2) is 0 Å². The Labute approximate surface area is 152 Å². The molecular formula is C22H19BO3. The average Bonchev–Trinajstić information content (AvgIpc) is 3.21. The molecule has 1 aliphatic rings. The van der Waals surface area contributed by atoms with Crippen LogP contribution in [-0.4, -0.2) is 19.3 Å². The van der Waals surface area contributed by atoms with Crippen molar-refractivity contribution < 1.29 is 13.7 Å². The van der Waals surface area contributed by atoms with Crippen molar-refractivity contribution in [3.63, 3.8) is 0 Å². The topological polar surface area (TPSA) is 31.6 Å². The zero-order valence-electron chi connectivity index (χ0n) is 14.9. The summed E-state index contributed by atoms with van der Waals surface area (Å²) in [5.74, 6) is 0. The molecule has 0 saturated carbocycles. The summed E-state index contributed by atoms with van der Waals surface area (Å²) < 4.78 is 18.1. The predicted octanol–water partition coefficient (Wildman–Crippen LogP) is 4.77. The minimum Gasteiger partial charge on any atom is -0.456 e. The largest absolute Gasteiger partial charge is 0.494 e. The first-order valence-corrected chi connectivity index (χ1v) is 8.91. The standard InChI is InChI=1S/C22H19BO3/c1-22(2)14-24-23(26-22)16-12-18(15-8-4-3-5-9-15)21-17-10-6-7-11-19(17)25-20(21)13-16/h3-13H,14H2,1-2H3. The lowest BCUT2D eigenvalue weighted by molar-refractivity contribution is 0.137. The lowest BCUT2D eigenvalue weighted by Gasteiger charge is -2.16. The molecule has 0 radical (unpaired) electrons. The molecule has 4 aromatic rings. The molecular weight excluding hydrogens is 323 g/mol. The maximum absolute atomic E-state index is 6.16. The first-order valence-electron chi connectivity index (χ1n) is 8.91. The van der Waals surface area contributed by atoms with E-state index in [9.17, 15) is 0 Å². The first kappa shape index (κ1) is 15.7. The molecule has 0 bridgehead atoms. The van der Waals surface area contributed by atoms with Gasteiger partial charge in [-0.3, -0.25) is 0 Å². The van der Waals surface area contributed by atoms with Crippen LogP contribution in [0.3, 0.4) is 0 Å². The molecule has 128 valence electrons. The van der Waals surface area contributed by atoms with Gasteiger partial charge in [0.2, 0.25) is 0 Å². The van der Waals surface area contributed by atoms with Crippen molar-refractivity contribution in [3.05, 3.63) is 66.7 Å². The molecule has 26 heavy (non-hydrogen) atoms. The highest BCUT2D eigenvalue weighted by Crippen LogP contribution is 2.36. The van der Waals surface area contributed by atoms with Gasteiger partial charge >= 0.3 is 7.12 Å². The Balaban J connectivity index is 1.78. The maximum atomic E-state index is 6.16. The second-order valence-electron chi connectivity index (χ2n) is 7.43. The van der Waals surface area contributed by atoms with Gasteiger partial charge in [-0.15, -0.1) is 0 Å². The molecule has 3 nitrogen and oxygen atoms in total. The van der Waals surface area contributed by atoms with Crippen molar-refractivity contribution in [1.82, 2.24) is 0 Å². The molecule has 1 saturated heterocycles. The van der Waals surface area contributed by atoms with Gasteiger partial charge in [-0.2, -0.15) is 0 Å². The van der Waals surface area contributed by atoms with Gasteiger partial charge in [0.25, 0.3) is 0 Å². The summed E-state index contributed by atoms with van der Waals surface area (Å²) in [4.78, 5) is 0. The van der Waals surface area contributed by atoms with E-state index in [0.717, 1.165) is 38.5 Å². The molecule has 0 spiro atoms. The summed E-state index contributed by atoms with van der Waals surface area (Å²) in [5.41, 5.74) is 4.76.